The molecule has 2 aromatic carbocycles. The van der Waals surface area contributed by atoms with Gasteiger partial charge < -0.3 is 5.32 Å². The second-order valence-electron chi connectivity index (χ2n) is 6.90. The third-order valence-corrected chi connectivity index (χ3v) is 4.92. The van der Waals surface area contributed by atoms with Crippen LogP contribution in [0.5, 0.6) is 0 Å². The first kappa shape index (κ1) is 19.2. The molecule has 1 aliphatic carbocycles. The number of hydrogen-bond acceptors (Lipinski definition) is 2. The van der Waals surface area contributed by atoms with Crippen LogP contribution in [0.3, 0.4) is 0 Å². The van der Waals surface area contributed by atoms with Crippen LogP contribution in [0.2, 0.25) is 0 Å². The number of fused-ring (bicyclic) bond motifs is 1. The van der Waals surface area contributed by atoms with Gasteiger partial charge in [-0.2, -0.15) is 18.3 Å². The summed E-state index contributed by atoms with van der Waals surface area (Å²) in [6.45, 7) is 0. The topological polar surface area (TPSA) is 46.9 Å². The number of anilines is 1. The largest absolute Gasteiger partial charge is 0.435 e. The van der Waals surface area contributed by atoms with Crippen LogP contribution in [0, 0.1) is 5.82 Å². The van der Waals surface area contributed by atoms with Gasteiger partial charge in [0.15, 0.2) is 5.69 Å². The highest BCUT2D eigenvalue weighted by Gasteiger charge is 2.39. The predicted octanol–water partition coefficient (Wildman–Crippen LogP) is 5.16. The summed E-state index contributed by atoms with van der Waals surface area (Å²) in [4.78, 5) is 12.3. The molecule has 8 heteroatoms. The van der Waals surface area contributed by atoms with Gasteiger partial charge in [-0.3, -0.25) is 4.79 Å². The highest BCUT2D eigenvalue weighted by atomic mass is 19.4. The van der Waals surface area contributed by atoms with Crippen LogP contribution in [0.15, 0.2) is 48.5 Å². The number of carbonyl (C=O) groups excluding carboxylic acids is 1. The number of aromatic nitrogens is 2. The Labute approximate surface area is 164 Å². The molecule has 1 aromatic heterocycles. The number of alkyl halides is 3. The van der Waals surface area contributed by atoms with Crippen LogP contribution in [0.25, 0.3) is 5.69 Å². The molecule has 150 valence electrons. The summed E-state index contributed by atoms with van der Waals surface area (Å²) >= 11 is 0. The highest BCUT2D eigenvalue weighted by Crippen LogP contribution is 2.36. The van der Waals surface area contributed by atoms with E-state index >= 15 is 0 Å². The number of carbonyl (C=O) groups is 1. The Morgan fingerprint density at radius 3 is 2.28 bits per heavy atom. The van der Waals surface area contributed by atoms with Crippen LogP contribution in [0.4, 0.5) is 23.2 Å². The van der Waals surface area contributed by atoms with Crippen molar-refractivity contribution in [1.82, 2.24) is 9.78 Å². The molecule has 1 heterocycles. The molecule has 1 aliphatic rings. The number of halogens is 4. The summed E-state index contributed by atoms with van der Waals surface area (Å²) < 4.78 is 54.4. The molecule has 0 atom stereocenters. The van der Waals surface area contributed by atoms with Gasteiger partial charge in [0, 0.05) is 22.5 Å². The average Bonchev–Trinajstić information content (AvgIpc) is 3.10. The fourth-order valence-corrected chi connectivity index (χ4v) is 3.53. The normalized spacial score (nSPS) is 13.8. The molecule has 4 nitrogen and oxygen atoms in total. The molecule has 0 radical (unpaired) electrons. The van der Waals surface area contributed by atoms with Gasteiger partial charge in [0.05, 0.1) is 5.69 Å². The molecule has 4 rings (SSSR count). The summed E-state index contributed by atoms with van der Waals surface area (Å²) in [5, 5.41) is 6.48. The molecule has 1 amide bonds. The predicted molar refractivity (Wildman–Crippen MR) is 99.6 cm³/mol. The molecule has 1 N–H and O–H groups in total. The van der Waals surface area contributed by atoms with Crippen molar-refractivity contribution < 1.29 is 22.4 Å². The van der Waals surface area contributed by atoms with E-state index in [4.69, 9.17) is 0 Å². The van der Waals surface area contributed by atoms with E-state index in [9.17, 15) is 22.4 Å². The number of amides is 1. The molecular weight excluding hydrogens is 386 g/mol. The van der Waals surface area contributed by atoms with Crippen molar-refractivity contribution in [3.8, 4) is 5.69 Å². The lowest BCUT2D eigenvalue weighted by Gasteiger charge is -2.15. The number of nitrogens with zero attached hydrogens (tertiary/aromatic N) is 2. The second kappa shape index (κ2) is 7.35. The van der Waals surface area contributed by atoms with E-state index in [1.165, 1.54) is 41.1 Å². The summed E-state index contributed by atoms with van der Waals surface area (Å²) in [5.41, 5.74) is 1.25. The van der Waals surface area contributed by atoms with Gasteiger partial charge in [0.25, 0.3) is 5.91 Å². The van der Waals surface area contributed by atoms with E-state index in [-0.39, 0.29) is 5.56 Å². The molecule has 0 spiro atoms. The molecular formula is C21H17F4N3O. The van der Waals surface area contributed by atoms with E-state index in [0.29, 0.717) is 41.9 Å². The van der Waals surface area contributed by atoms with Gasteiger partial charge in [0.2, 0.25) is 0 Å². The highest BCUT2D eigenvalue weighted by molar-refractivity contribution is 6.04. The second-order valence-corrected chi connectivity index (χ2v) is 6.90. The minimum atomic E-state index is -4.50. The van der Waals surface area contributed by atoms with E-state index in [0.717, 1.165) is 6.42 Å². The number of rotatable bonds is 3. The molecule has 0 saturated heterocycles. The standard InChI is InChI=1S/C21H17F4N3O/c22-14-7-9-15(10-8-14)26-20(29)13-5-11-16(12-6-13)28-18-4-2-1-3-17(18)19(27-28)21(23,24)25/h5-12H,1-4H2,(H,26,29). The number of nitrogens with one attached hydrogen (secondary N) is 1. The lowest BCUT2D eigenvalue weighted by atomic mass is 9.95. The van der Waals surface area contributed by atoms with Crippen molar-refractivity contribution in [1.29, 1.82) is 0 Å². The number of benzene rings is 2. The Balaban J connectivity index is 1.60. The fraction of sp³-hybridized carbons (Fsp3) is 0.238. The lowest BCUT2D eigenvalue weighted by Crippen LogP contribution is -2.12. The molecule has 0 unspecified atom stereocenters. The van der Waals surface area contributed by atoms with E-state index in [2.05, 4.69) is 10.4 Å². The first-order valence-electron chi connectivity index (χ1n) is 9.18. The maximum Gasteiger partial charge on any atom is 0.435 e. The van der Waals surface area contributed by atoms with Crippen molar-refractivity contribution in [3.63, 3.8) is 0 Å². The quantitative estimate of drug-likeness (QED) is 0.614. The van der Waals surface area contributed by atoms with Crippen molar-refractivity contribution in [2.75, 3.05) is 5.32 Å². The Hall–Kier alpha value is -3.16. The van der Waals surface area contributed by atoms with Gasteiger partial charge >= 0.3 is 6.18 Å². The first-order valence-corrected chi connectivity index (χ1v) is 9.18. The van der Waals surface area contributed by atoms with Crippen LogP contribution < -0.4 is 5.32 Å². The Bertz CT molecular complexity index is 1040. The van der Waals surface area contributed by atoms with Gasteiger partial charge in [-0.05, 0) is 74.2 Å². The maximum atomic E-state index is 13.4. The Morgan fingerprint density at radius 2 is 1.62 bits per heavy atom. The molecule has 0 bridgehead atoms. The van der Waals surface area contributed by atoms with Crippen molar-refractivity contribution in [2.45, 2.75) is 31.9 Å². The summed E-state index contributed by atoms with van der Waals surface area (Å²) in [7, 11) is 0. The minimum Gasteiger partial charge on any atom is -0.322 e. The average molecular weight is 403 g/mol. The third kappa shape index (κ3) is 3.87. The zero-order chi connectivity index (χ0) is 20.6. The van der Waals surface area contributed by atoms with Crippen LogP contribution in [-0.4, -0.2) is 15.7 Å². The van der Waals surface area contributed by atoms with Gasteiger partial charge in [0.1, 0.15) is 5.82 Å². The molecule has 0 saturated carbocycles. The fourth-order valence-electron chi connectivity index (χ4n) is 3.53. The van der Waals surface area contributed by atoms with Crippen molar-refractivity contribution in [3.05, 3.63) is 76.9 Å². The van der Waals surface area contributed by atoms with Gasteiger partial charge in [-0.1, -0.05) is 0 Å². The first-order chi connectivity index (χ1) is 13.8. The molecule has 3 aromatic rings. The SMILES string of the molecule is O=C(Nc1ccc(F)cc1)c1ccc(-n2nc(C(F)(F)F)c3c2CCCC3)cc1. The Morgan fingerprint density at radius 1 is 0.966 bits per heavy atom. The Kier molecular flexibility index (Phi) is 4.86. The van der Waals surface area contributed by atoms with E-state index in [1.807, 2.05) is 0 Å². The van der Waals surface area contributed by atoms with E-state index < -0.39 is 23.6 Å². The third-order valence-electron chi connectivity index (χ3n) is 4.92. The zero-order valence-electron chi connectivity index (χ0n) is 15.3. The van der Waals surface area contributed by atoms with Crippen molar-refractivity contribution >= 4 is 11.6 Å². The summed E-state index contributed by atoms with van der Waals surface area (Å²) in [5.74, 6) is -0.810. The minimum absolute atomic E-state index is 0.266. The molecule has 29 heavy (non-hydrogen) atoms. The van der Waals surface area contributed by atoms with Gasteiger partial charge in [-0.25, -0.2) is 9.07 Å². The molecule has 0 fully saturated rings. The monoisotopic (exact) mass is 403 g/mol. The number of hydrogen-bond donors (Lipinski definition) is 1. The summed E-state index contributed by atoms with van der Waals surface area (Å²) in [6.07, 6.45) is -2.08. The van der Waals surface area contributed by atoms with Gasteiger partial charge in [-0.15, -0.1) is 0 Å². The van der Waals surface area contributed by atoms with Crippen LogP contribution in [-0.2, 0) is 19.0 Å². The van der Waals surface area contributed by atoms with E-state index in [1.54, 1.807) is 12.1 Å². The van der Waals surface area contributed by atoms with Crippen molar-refractivity contribution in [2.24, 2.45) is 0 Å². The smallest absolute Gasteiger partial charge is 0.322 e. The maximum absolute atomic E-state index is 13.4. The molecule has 0 aliphatic heterocycles. The van der Waals surface area contributed by atoms with Crippen LogP contribution >= 0.6 is 0 Å². The lowest BCUT2D eigenvalue weighted by molar-refractivity contribution is -0.142. The summed E-state index contributed by atoms with van der Waals surface area (Å²) in [6, 6.07) is 11.5. The van der Waals surface area contributed by atoms with Crippen LogP contribution in [0.1, 0.15) is 40.2 Å². The zero-order valence-corrected chi connectivity index (χ0v) is 15.3.